The maximum Gasteiger partial charge on any atom is 0.126 e. The molecule has 1 N–H and O–H groups in total. The molecular formula is C16H26FNO2. The molecule has 0 aliphatic rings. The van der Waals surface area contributed by atoms with Gasteiger partial charge in [0.2, 0.25) is 0 Å². The summed E-state index contributed by atoms with van der Waals surface area (Å²) in [6.45, 7) is 9.21. The molecule has 20 heavy (non-hydrogen) atoms. The van der Waals surface area contributed by atoms with E-state index < -0.39 is 0 Å². The van der Waals surface area contributed by atoms with Crippen molar-refractivity contribution >= 4 is 0 Å². The van der Waals surface area contributed by atoms with Gasteiger partial charge in [0, 0.05) is 18.7 Å². The number of methoxy groups -OCH3 is 1. The minimum atomic E-state index is -0.197. The molecule has 0 aromatic heterocycles. The molecule has 0 spiro atoms. The van der Waals surface area contributed by atoms with Crippen molar-refractivity contribution in [3.05, 3.63) is 29.1 Å². The van der Waals surface area contributed by atoms with E-state index in [4.69, 9.17) is 9.47 Å². The van der Waals surface area contributed by atoms with E-state index in [-0.39, 0.29) is 18.0 Å². The maximum absolute atomic E-state index is 13.8. The van der Waals surface area contributed by atoms with E-state index in [2.05, 4.69) is 12.2 Å². The van der Waals surface area contributed by atoms with E-state index in [1.165, 1.54) is 0 Å². The highest BCUT2D eigenvalue weighted by Gasteiger charge is 2.16. The van der Waals surface area contributed by atoms with Crippen LogP contribution in [0.4, 0.5) is 4.39 Å². The van der Waals surface area contributed by atoms with E-state index in [0.717, 1.165) is 24.3 Å². The van der Waals surface area contributed by atoms with Gasteiger partial charge in [0.15, 0.2) is 0 Å². The van der Waals surface area contributed by atoms with Gasteiger partial charge in [0.25, 0.3) is 0 Å². The predicted molar refractivity (Wildman–Crippen MR) is 79.8 cm³/mol. The molecule has 3 nitrogen and oxygen atoms in total. The molecule has 0 aliphatic carbocycles. The highest BCUT2D eigenvalue weighted by Crippen LogP contribution is 2.29. The van der Waals surface area contributed by atoms with Gasteiger partial charge in [0.05, 0.1) is 6.61 Å². The average Bonchev–Trinajstić information content (AvgIpc) is 2.40. The molecule has 1 rings (SSSR count). The van der Waals surface area contributed by atoms with Gasteiger partial charge < -0.3 is 14.8 Å². The van der Waals surface area contributed by atoms with Gasteiger partial charge in [-0.15, -0.1) is 0 Å². The Kier molecular flexibility index (Phi) is 6.96. The minimum absolute atomic E-state index is 0.0507. The standard InChI is InChI=1S/C16H26FNO2/c1-6-7-18-13(4)14-9-15(17)11(2)8-16(14)20-12(3)10-19-5/h8-9,12-13,18H,6-7,10H2,1-5H3. The molecule has 2 unspecified atom stereocenters. The fourth-order valence-corrected chi connectivity index (χ4v) is 2.07. The van der Waals surface area contributed by atoms with Gasteiger partial charge in [0.1, 0.15) is 17.7 Å². The van der Waals surface area contributed by atoms with Crippen LogP contribution in [0, 0.1) is 12.7 Å². The number of rotatable bonds is 8. The summed E-state index contributed by atoms with van der Waals surface area (Å²) in [5.41, 5.74) is 1.44. The van der Waals surface area contributed by atoms with Crippen LogP contribution >= 0.6 is 0 Å². The number of ether oxygens (including phenoxy) is 2. The average molecular weight is 283 g/mol. The van der Waals surface area contributed by atoms with Crippen LogP contribution in [0.3, 0.4) is 0 Å². The summed E-state index contributed by atoms with van der Waals surface area (Å²) in [7, 11) is 1.64. The summed E-state index contributed by atoms with van der Waals surface area (Å²) >= 11 is 0. The molecule has 0 bridgehead atoms. The largest absolute Gasteiger partial charge is 0.488 e. The monoisotopic (exact) mass is 283 g/mol. The zero-order valence-electron chi connectivity index (χ0n) is 13.1. The van der Waals surface area contributed by atoms with Crippen molar-refractivity contribution in [3.63, 3.8) is 0 Å². The van der Waals surface area contributed by atoms with E-state index >= 15 is 0 Å². The van der Waals surface area contributed by atoms with Crippen LogP contribution in [0.25, 0.3) is 0 Å². The molecule has 0 radical (unpaired) electrons. The molecule has 4 heteroatoms. The highest BCUT2D eigenvalue weighted by atomic mass is 19.1. The molecule has 1 aromatic rings. The first-order valence-corrected chi connectivity index (χ1v) is 7.18. The molecule has 0 saturated heterocycles. The Bertz CT molecular complexity index is 423. The van der Waals surface area contributed by atoms with E-state index in [1.807, 2.05) is 13.8 Å². The van der Waals surface area contributed by atoms with Crippen molar-refractivity contribution in [3.8, 4) is 5.75 Å². The Morgan fingerprint density at radius 1 is 1.30 bits per heavy atom. The van der Waals surface area contributed by atoms with Crippen LogP contribution < -0.4 is 10.1 Å². The number of nitrogens with one attached hydrogen (secondary N) is 1. The van der Waals surface area contributed by atoms with Crippen LogP contribution in [0.5, 0.6) is 5.75 Å². The zero-order valence-corrected chi connectivity index (χ0v) is 13.1. The Hall–Kier alpha value is -1.13. The minimum Gasteiger partial charge on any atom is -0.488 e. The van der Waals surface area contributed by atoms with Crippen LogP contribution in [0.2, 0.25) is 0 Å². The maximum atomic E-state index is 13.8. The second-order valence-electron chi connectivity index (χ2n) is 5.20. The van der Waals surface area contributed by atoms with Gasteiger partial charge in [-0.25, -0.2) is 4.39 Å². The van der Waals surface area contributed by atoms with E-state index in [9.17, 15) is 4.39 Å². The smallest absolute Gasteiger partial charge is 0.126 e. The third-order valence-electron chi connectivity index (χ3n) is 3.19. The molecule has 0 heterocycles. The normalized spacial score (nSPS) is 14.1. The van der Waals surface area contributed by atoms with Gasteiger partial charge >= 0.3 is 0 Å². The molecule has 0 saturated carbocycles. The van der Waals surface area contributed by atoms with Crippen molar-refractivity contribution < 1.29 is 13.9 Å². The van der Waals surface area contributed by atoms with Gasteiger partial charge in [-0.1, -0.05) is 6.92 Å². The van der Waals surface area contributed by atoms with Crippen LogP contribution in [-0.2, 0) is 4.74 Å². The van der Waals surface area contributed by atoms with E-state index in [0.29, 0.717) is 12.2 Å². The van der Waals surface area contributed by atoms with Crippen LogP contribution in [0.1, 0.15) is 44.4 Å². The fraction of sp³-hybridized carbons (Fsp3) is 0.625. The molecule has 1 aromatic carbocycles. The first-order chi connectivity index (χ1) is 9.49. The van der Waals surface area contributed by atoms with Crippen molar-refractivity contribution in [1.82, 2.24) is 5.32 Å². The van der Waals surface area contributed by atoms with Crippen molar-refractivity contribution in [2.24, 2.45) is 0 Å². The summed E-state index contributed by atoms with van der Waals surface area (Å²) in [6.07, 6.45) is 0.969. The van der Waals surface area contributed by atoms with Crippen molar-refractivity contribution in [1.29, 1.82) is 0 Å². The number of halogens is 1. The lowest BCUT2D eigenvalue weighted by atomic mass is 10.0. The topological polar surface area (TPSA) is 30.5 Å². The summed E-state index contributed by atoms with van der Waals surface area (Å²) < 4.78 is 24.8. The summed E-state index contributed by atoms with van der Waals surface area (Å²) in [6, 6.07) is 3.38. The number of hydrogen-bond acceptors (Lipinski definition) is 3. The molecule has 0 amide bonds. The molecule has 0 aliphatic heterocycles. The molecular weight excluding hydrogens is 257 g/mol. The summed E-state index contributed by atoms with van der Waals surface area (Å²) in [5, 5.41) is 3.36. The Labute approximate surface area is 121 Å². The highest BCUT2D eigenvalue weighted by molar-refractivity contribution is 5.40. The third kappa shape index (κ3) is 4.76. The fourth-order valence-electron chi connectivity index (χ4n) is 2.07. The lowest BCUT2D eigenvalue weighted by Crippen LogP contribution is -2.23. The lowest BCUT2D eigenvalue weighted by Gasteiger charge is -2.22. The van der Waals surface area contributed by atoms with Gasteiger partial charge in [-0.3, -0.25) is 0 Å². The lowest BCUT2D eigenvalue weighted by molar-refractivity contribution is 0.0909. The number of aryl methyl sites for hydroxylation is 1. The van der Waals surface area contributed by atoms with Gasteiger partial charge in [-0.2, -0.15) is 0 Å². The number of hydrogen-bond donors (Lipinski definition) is 1. The molecule has 114 valence electrons. The third-order valence-corrected chi connectivity index (χ3v) is 3.19. The van der Waals surface area contributed by atoms with Crippen LogP contribution in [-0.4, -0.2) is 26.4 Å². The first-order valence-electron chi connectivity index (χ1n) is 7.18. The molecule has 2 atom stereocenters. The SMILES string of the molecule is CCCNC(C)c1cc(F)c(C)cc1OC(C)COC. The van der Waals surface area contributed by atoms with Crippen LogP contribution in [0.15, 0.2) is 12.1 Å². The number of benzene rings is 1. The van der Waals surface area contributed by atoms with Crippen molar-refractivity contribution in [2.75, 3.05) is 20.3 Å². The first kappa shape index (κ1) is 16.9. The Balaban J connectivity index is 2.97. The summed E-state index contributed by atoms with van der Waals surface area (Å²) in [4.78, 5) is 0. The molecule has 0 fully saturated rings. The second kappa shape index (κ2) is 8.22. The summed E-state index contributed by atoms with van der Waals surface area (Å²) in [5.74, 6) is 0.529. The quantitative estimate of drug-likeness (QED) is 0.790. The second-order valence-corrected chi connectivity index (χ2v) is 5.20. The Morgan fingerprint density at radius 2 is 2.00 bits per heavy atom. The van der Waals surface area contributed by atoms with Gasteiger partial charge in [-0.05, 0) is 51.4 Å². The van der Waals surface area contributed by atoms with E-state index in [1.54, 1.807) is 26.2 Å². The zero-order chi connectivity index (χ0) is 15.1. The predicted octanol–water partition coefficient (Wildman–Crippen LogP) is 3.61. The Morgan fingerprint density at radius 3 is 2.60 bits per heavy atom. The van der Waals surface area contributed by atoms with Crippen molar-refractivity contribution in [2.45, 2.75) is 46.3 Å².